The molecular formula is C17H22N2O7S2. The van der Waals surface area contributed by atoms with Gasteiger partial charge in [0.1, 0.15) is 4.88 Å². The number of anilines is 2. The first kappa shape index (κ1) is 23.6. The van der Waals surface area contributed by atoms with Crippen molar-refractivity contribution < 1.29 is 31.8 Å². The summed E-state index contributed by atoms with van der Waals surface area (Å²) in [5.41, 5.74) is 1.79. The van der Waals surface area contributed by atoms with Gasteiger partial charge in [-0.1, -0.05) is 6.07 Å². The topological polar surface area (TPSA) is 133 Å². The zero-order valence-electron chi connectivity index (χ0n) is 15.4. The second-order valence-corrected chi connectivity index (χ2v) is 7.11. The van der Waals surface area contributed by atoms with Crippen LogP contribution in [0.1, 0.15) is 23.5 Å². The molecule has 0 radical (unpaired) electrons. The molecule has 0 saturated heterocycles. The third-order valence-electron chi connectivity index (χ3n) is 3.34. The van der Waals surface area contributed by atoms with Crippen molar-refractivity contribution in [3.05, 3.63) is 46.7 Å². The van der Waals surface area contributed by atoms with Crippen LogP contribution in [0.4, 0.5) is 11.4 Å². The summed E-state index contributed by atoms with van der Waals surface area (Å²) in [6, 6.07) is 11.0. The summed E-state index contributed by atoms with van der Waals surface area (Å²) in [5.74, 6) is -0.836. The van der Waals surface area contributed by atoms with E-state index in [0.29, 0.717) is 10.6 Å². The SMILES string of the molecule is CCN(CC)c1ccc(NC(=O)COC(=O)c2cccs2)cc1.O=S(=O)(O)O. The molecule has 0 fully saturated rings. The molecule has 0 saturated carbocycles. The van der Waals surface area contributed by atoms with Crippen LogP contribution in [0.15, 0.2) is 41.8 Å². The number of nitrogens with zero attached hydrogens (tertiary/aromatic N) is 1. The molecule has 154 valence electrons. The van der Waals surface area contributed by atoms with Crippen molar-refractivity contribution in [3.63, 3.8) is 0 Å². The summed E-state index contributed by atoms with van der Waals surface area (Å²) < 4.78 is 36.6. The summed E-state index contributed by atoms with van der Waals surface area (Å²) >= 11 is 1.28. The van der Waals surface area contributed by atoms with Crippen LogP contribution in [0, 0.1) is 0 Å². The molecule has 0 bridgehead atoms. The largest absolute Gasteiger partial charge is 0.451 e. The van der Waals surface area contributed by atoms with E-state index in [4.69, 9.17) is 22.3 Å². The monoisotopic (exact) mass is 430 g/mol. The van der Waals surface area contributed by atoms with Crippen LogP contribution >= 0.6 is 11.3 Å². The Morgan fingerprint density at radius 1 is 1.11 bits per heavy atom. The van der Waals surface area contributed by atoms with Gasteiger partial charge in [0, 0.05) is 24.5 Å². The second kappa shape index (κ2) is 11.4. The van der Waals surface area contributed by atoms with Gasteiger partial charge in [-0.15, -0.1) is 11.3 Å². The Morgan fingerprint density at radius 3 is 2.14 bits per heavy atom. The van der Waals surface area contributed by atoms with Crippen molar-refractivity contribution in [2.75, 3.05) is 29.9 Å². The molecular weight excluding hydrogens is 408 g/mol. The minimum Gasteiger partial charge on any atom is -0.451 e. The van der Waals surface area contributed by atoms with Crippen molar-refractivity contribution >= 4 is 45.0 Å². The van der Waals surface area contributed by atoms with Crippen molar-refractivity contribution in [3.8, 4) is 0 Å². The Balaban J connectivity index is 0.000000696. The minimum atomic E-state index is -4.67. The fraction of sp³-hybridized carbons (Fsp3) is 0.294. The van der Waals surface area contributed by atoms with Crippen LogP contribution < -0.4 is 10.2 Å². The first-order valence-electron chi connectivity index (χ1n) is 8.19. The van der Waals surface area contributed by atoms with Gasteiger partial charge in [0.25, 0.3) is 5.91 Å². The zero-order valence-corrected chi connectivity index (χ0v) is 17.0. The van der Waals surface area contributed by atoms with Gasteiger partial charge in [-0.3, -0.25) is 13.9 Å². The number of hydrogen-bond donors (Lipinski definition) is 3. The predicted octanol–water partition coefficient (Wildman–Crippen LogP) is 2.74. The molecule has 0 aliphatic heterocycles. The molecule has 11 heteroatoms. The predicted molar refractivity (Wildman–Crippen MR) is 107 cm³/mol. The molecule has 1 aromatic heterocycles. The van der Waals surface area contributed by atoms with E-state index in [1.54, 1.807) is 17.5 Å². The highest BCUT2D eigenvalue weighted by Gasteiger charge is 2.11. The molecule has 0 aliphatic carbocycles. The van der Waals surface area contributed by atoms with Crippen LogP contribution in [0.3, 0.4) is 0 Å². The van der Waals surface area contributed by atoms with E-state index in [2.05, 4.69) is 24.1 Å². The Hall–Kier alpha value is -2.47. The maximum absolute atomic E-state index is 11.8. The molecule has 1 aromatic carbocycles. The lowest BCUT2D eigenvalue weighted by Gasteiger charge is -2.21. The first-order valence-corrected chi connectivity index (χ1v) is 10.5. The molecule has 9 nitrogen and oxygen atoms in total. The standard InChI is InChI=1S/C17H20N2O3S.H2O4S/c1-3-19(4-2)14-9-7-13(8-10-14)18-16(20)12-22-17(21)15-6-5-11-23-15;1-5(2,3)4/h5-11H,3-4,12H2,1-2H3,(H,18,20);(H2,1,2,3,4). The number of esters is 1. The summed E-state index contributed by atoms with van der Waals surface area (Å²) in [5, 5.41) is 4.50. The van der Waals surface area contributed by atoms with E-state index in [-0.39, 0.29) is 12.5 Å². The van der Waals surface area contributed by atoms with Crippen molar-refractivity contribution in [1.82, 2.24) is 0 Å². The van der Waals surface area contributed by atoms with Crippen LogP contribution in [-0.4, -0.2) is 49.1 Å². The number of ether oxygens (including phenoxy) is 1. The van der Waals surface area contributed by atoms with E-state index < -0.39 is 16.4 Å². The molecule has 0 atom stereocenters. The van der Waals surface area contributed by atoms with E-state index in [0.717, 1.165) is 18.8 Å². The summed E-state index contributed by atoms with van der Waals surface area (Å²) in [7, 11) is -4.67. The lowest BCUT2D eigenvalue weighted by atomic mass is 10.2. The molecule has 1 heterocycles. The molecule has 2 rings (SSSR count). The molecule has 2 aromatic rings. The van der Waals surface area contributed by atoms with Crippen molar-refractivity contribution in [2.24, 2.45) is 0 Å². The van der Waals surface area contributed by atoms with Crippen LogP contribution in [0.5, 0.6) is 0 Å². The van der Waals surface area contributed by atoms with E-state index in [9.17, 15) is 9.59 Å². The number of nitrogens with one attached hydrogen (secondary N) is 1. The Kier molecular flexibility index (Phi) is 9.59. The number of hydrogen-bond acceptors (Lipinski definition) is 7. The molecule has 0 aliphatic rings. The van der Waals surface area contributed by atoms with Gasteiger partial charge >= 0.3 is 16.4 Å². The Bertz CT molecular complexity index is 838. The second-order valence-electron chi connectivity index (χ2n) is 5.27. The van der Waals surface area contributed by atoms with Gasteiger partial charge in [-0.25, -0.2) is 4.79 Å². The number of carbonyl (C=O) groups excluding carboxylic acids is 2. The number of rotatable bonds is 7. The average Bonchev–Trinajstić information content (AvgIpc) is 3.15. The highest BCUT2D eigenvalue weighted by Crippen LogP contribution is 2.17. The summed E-state index contributed by atoms with van der Waals surface area (Å²) in [6.45, 7) is 5.76. The average molecular weight is 431 g/mol. The molecule has 0 unspecified atom stereocenters. The third-order valence-corrected chi connectivity index (χ3v) is 4.19. The van der Waals surface area contributed by atoms with E-state index in [1.807, 2.05) is 24.3 Å². The number of amides is 1. The van der Waals surface area contributed by atoms with Gasteiger partial charge in [-0.2, -0.15) is 8.42 Å². The quantitative estimate of drug-likeness (QED) is 0.451. The van der Waals surface area contributed by atoms with Crippen LogP contribution in [-0.2, 0) is 19.9 Å². The van der Waals surface area contributed by atoms with Crippen LogP contribution in [0.25, 0.3) is 0 Å². The molecule has 0 spiro atoms. The van der Waals surface area contributed by atoms with E-state index >= 15 is 0 Å². The van der Waals surface area contributed by atoms with Gasteiger partial charge in [0.2, 0.25) is 0 Å². The lowest BCUT2D eigenvalue weighted by Crippen LogP contribution is -2.22. The maximum atomic E-state index is 11.8. The van der Waals surface area contributed by atoms with Crippen molar-refractivity contribution in [1.29, 1.82) is 0 Å². The Morgan fingerprint density at radius 2 is 1.68 bits per heavy atom. The van der Waals surface area contributed by atoms with Crippen molar-refractivity contribution in [2.45, 2.75) is 13.8 Å². The number of thiophene rings is 1. The Labute approximate surface area is 167 Å². The highest BCUT2D eigenvalue weighted by atomic mass is 32.3. The van der Waals surface area contributed by atoms with Gasteiger partial charge < -0.3 is 15.0 Å². The highest BCUT2D eigenvalue weighted by molar-refractivity contribution is 7.79. The lowest BCUT2D eigenvalue weighted by molar-refractivity contribution is -0.119. The third kappa shape index (κ3) is 9.46. The molecule has 1 amide bonds. The number of carbonyl (C=O) groups is 2. The van der Waals surface area contributed by atoms with Gasteiger partial charge in [-0.05, 0) is 49.6 Å². The van der Waals surface area contributed by atoms with Gasteiger partial charge in [0.05, 0.1) is 0 Å². The fourth-order valence-corrected chi connectivity index (χ4v) is 2.75. The zero-order chi connectivity index (χ0) is 21.2. The van der Waals surface area contributed by atoms with E-state index in [1.165, 1.54) is 11.3 Å². The summed E-state index contributed by atoms with van der Waals surface area (Å²) in [6.07, 6.45) is 0. The normalized spacial score (nSPS) is 10.4. The number of benzene rings is 1. The molecule has 28 heavy (non-hydrogen) atoms. The molecule has 3 N–H and O–H groups in total. The summed E-state index contributed by atoms with van der Waals surface area (Å²) in [4.78, 5) is 26.2. The maximum Gasteiger partial charge on any atom is 0.394 e. The first-order chi connectivity index (χ1) is 13.1. The minimum absolute atomic E-state index is 0.297. The van der Waals surface area contributed by atoms with Gasteiger partial charge in [0.15, 0.2) is 6.61 Å². The van der Waals surface area contributed by atoms with Crippen LogP contribution in [0.2, 0.25) is 0 Å². The smallest absolute Gasteiger partial charge is 0.394 e. The fourth-order valence-electron chi connectivity index (χ4n) is 2.14.